The summed E-state index contributed by atoms with van der Waals surface area (Å²) < 4.78 is 0. The average molecular weight is 349 g/mol. The van der Waals surface area contributed by atoms with E-state index < -0.39 is 0 Å². The number of amides is 2. The lowest BCUT2D eigenvalue weighted by Gasteiger charge is -2.38. The van der Waals surface area contributed by atoms with Gasteiger partial charge < -0.3 is 9.80 Å². The Labute approximate surface area is 148 Å². The Morgan fingerprint density at radius 2 is 1.88 bits per heavy atom. The van der Waals surface area contributed by atoms with Crippen LogP contribution in [-0.4, -0.2) is 47.3 Å². The van der Waals surface area contributed by atoms with Crippen LogP contribution in [0.4, 0.5) is 0 Å². The quantitative estimate of drug-likeness (QED) is 0.831. The van der Waals surface area contributed by atoms with Crippen LogP contribution in [-0.2, 0) is 4.79 Å². The molecule has 0 atom stereocenters. The average Bonchev–Trinajstić information content (AvgIpc) is 3.17. The molecule has 1 aliphatic heterocycles. The van der Waals surface area contributed by atoms with Crippen LogP contribution in [0, 0.1) is 5.92 Å². The SMILES string of the molecule is CCN(C(=O)C1CCN(C(=O)c2cccs2)CC1)C1CCCCC1. The van der Waals surface area contributed by atoms with E-state index in [0.29, 0.717) is 25.0 Å². The van der Waals surface area contributed by atoms with E-state index >= 15 is 0 Å². The molecule has 5 heteroatoms. The maximum absolute atomic E-state index is 13.0. The summed E-state index contributed by atoms with van der Waals surface area (Å²) in [6.07, 6.45) is 7.75. The molecule has 1 aromatic heterocycles. The van der Waals surface area contributed by atoms with Crippen molar-refractivity contribution in [3.63, 3.8) is 0 Å². The number of hydrogen-bond donors (Lipinski definition) is 0. The number of carbonyl (C=O) groups is 2. The highest BCUT2D eigenvalue weighted by molar-refractivity contribution is 7.12. The monoisotopic (exact) mass is 348 g/mol. The van der Waals surface area contributed by atoms with Gasteiger partial charge in [0.2, 0.25) is 5.91 Å². The molecule has 1 aromatic rings. The number of likely N-dealkylation sites (tertiary alicyclic amines) is 1. The Balaban J connectivity index is 1.55. The van der Waals surface area contributed by atoms with E-state index in [1.165, 1.54) is 30.6 Å². The minimum Gasteiger partial charge on any atom is -0.340 e. The molecule has 24 heavy (non-hydrogen) atoms. The predicted molar refractivity (Wildman–Crippen MR) is 97.2 cm³/mol. The van der Waals surface area contributed by atoms with Crippen molar-refractivity contribution in [2.24, 2.45) is 5.92 Å². The lowest BCUT2D eigenvalue weighted by Crippen LogP contribution is -2.48. The van der Waals surface area contributed by atoms with Crippen LogP contribution >= 0.6 is 11.3 Å². The van der Waals surface area contributed by atoms with E-state index in [2.05, 4.69) is 11.8 Å². The molecule has 132 valence electrons. The third-order valence-electron chi connectivity index (χ3n) is 5.50. The fourth-order valence-corrected chi connectivity index (χ4v) is 4.80. The number of thiophene rings is 1. The predicted octanol–water partition coefficient (Wildman–Crippen LogP) is 3.78. The molecule has 4 nitrogen and oxygen atoms in total. The minimum atomic E-state index is 0.0965. The number of hydrogen-bond acceptors (Lipinski definition) is 3. The zero-order valence-electron chi connectivity index (χ0n) is 14.6. The molecule has 0 radical (unpaired) electrons. The van der Waals surface area contributed by atoms with Crippen molar-refractivity contribution in [3.05, 3.63) is 22.4 Å². The Morgan fingerprint density at radius 1 is 1.17 bits per heavy atom. The number of piperidine rings is 1. The molecule has 2 amide bonds. The van der Waals surface area contributed by atoms with E-state index in [1.54, 1.807) is 0 Å². The van der Waals surface area contributed by atoms with Crippen molar-refractivity contribution in [1.29, 1.82) is 0 Å². The van der Waals surface area contributed by atoms with Gasteiger partial charge in [-0.05, 0) is 44.1 Å². The van der Waals surface area contributed by atoms with Crippen LogP contribution in [0.5, 0.6) is 0 Å². The summed E-state index contributed by atoms with van der Waals surface area (Å²) in [4.78, 5) is 30.2. The molecule has 1 saturated carbocycles. The van der Waals surface area contributed by atoms with E-state index in [9.17, 15) is 9.59 Å². The highest BCUT2D eigenvalue weighted by Gasteiger charge is 2.33. The second-order valence-corrected chi connectivity index (χ2v) is 7.91. The topological polar surface area (TPSA) is 40.6 Å². The van der Waals surface area contributed by atoms with Crippen LogP contribution in [0.3, 0.4) is 0 Å². The summed E-state index contributed by atoms with van der Waals surface area (Å²) in [5.74, 6) is 0.544. The normalized spacial score (nSPS) is 20.1. The van der Waals surface area contributed by atoms with Gasteiger partial charge in [-0.3, -0.25) is 9.59 Å². The second kappa shape index (κ2) is 8.15. The van der Waals surface area contributed by atoms with E-state index in [1.807, 2.05) is 22.4 Å². The second-order valence-electron chi connectivity index (χ2n) is 6.96. The van der Waals surface area contributed by atoms with Gasteiger partial charge in [-0.2, -0.15) is 0 Å². The van der Waals surface area contributed by atoms with Gasteiger partial charge in [0, 0.05) is 31.6 Å². The first kappa shape index (κ1) is 17.5. The summed E-state index contributed by atoms with van der Waals surface area (Å²) in [6, 6.07) is 4.24. The zero-order valence-corrected chi connectivity index (χ0v) is 15.4. The van der Waals surface area contributed by atoms with Crippen molar-refractivity contribution >= 4 is 23.2 Å². The molecular formula is C19H28N2O2S. The molecule has 3 rings (SSSR count). The molecule has 0 aromatic carbocycles. The summed E-state index contributed by atoms with van der Waals surface area (Å²) in [7, 11) is 0. The molecule has 2 heterocycles. The standard InChI is InChI=1S/C19H28N2O2S/c1-2-21(16-7-4-3-5-8-16)18(22)15-10-12-20(13-11-15)19(23)17-9-6-14-24-17/h6,9,14-16H,2-5,7-8,10-13H2,1H3. The van der Waals surface area contributed by atoms with Crippen LogP contribution in [0.2, 0.25) is 0 Å². The van der Waals surface area contributed by atoms with Crippen LogP contribution < -0.4 is 0 Å². The fourth-order valence-electron chi connectivity index (χ4n) is 4.11. The van der Waals surface area contributed by atoms with Crippen LogP contribution in [0.25, 0.3) is 0 Å². The Bertz CT molecular complexity index is 544. The summed E-state index contributed by atoms with van der Waals surface area (Å²) >= 11 is 1.49. The summed E-state index contributed by atoms with van der Waals surface area (Å²) in [5, 5.41) is 1.94. The van der Waals surface area contributed by atoms with Gasteiger partial charge in [-0.15, -0.1) is 11.3 Å². The highest BCUT2D eigenvalue weighted by Crippen LogP contribution is 2.27. The van der Waals surface area contributed by atoms with Crippen molar-refractivity contribution in [3.8, 4) is 0 Å². The molecule has 0 spiro atoms. The van der Waals surface area contributed by atoms with Gasteiger partial charge in [-0.1, -0.05) is 25.3 Å². The fraction of sp³-hybridized carbons (Fsp3) is 0.684. The molecular weight excluding hydrogens is 320 g/mol. The molecule has 2 fully saturated rings. The molecule has 0 N–H and O–H groups in total. The zero-order chi connectivity index (χ0) is 16.9. The molecule has 0 bridgehead atoms. The number of rotatable bonds is 4. The van der Waals surface area contributed by atoms with E-state index in [0.717, 1.165) is 37.1 Å². The first-order chi connectivity index (χ1) is 11.7. The number of carbonyl (C=O) groups excluding carboxylic acids is 2. The first-order valence-electron chi connectivity index (χ1n) is 9.34. The minimum absolute atomic E-state index is 0.0965. The summed E-state index contributed by atoms with van der Waals surface area (Å²) in [5.41, 5.74) is 0. The Hall–Kier alpha value is -1.36. The van der Waals surface area contributed by atoms with Crippen LogP contribution in [0.1, 0.15) is 61.5 Å². The number of nitrogens with zero attached hydrogens (tertiary/aromatic N) is 2. The maximum Gasteiger partial charge on any atom is 0.263 e. The highest BCUT2D eigenvalue weighted by atomic mass is 32.1. The van der Waals surface area contributed by atoms with Gasteiger partial charge in [0.15, 0.2) is 0 Å². The first-order valence-corrected chi connectivity index (χ1v) is 10.2. The van der Waals surface area contributed by atoms with Gasteiger partial charge in [0.1, 0.15) is 0 Å². The van der Waals surface area contributed by atoms with E-state index in [4.69, 9.17) is 0 Å². The van der Waals surface area contributed by atoms with Crippen LogP contribution in [0.15, 0.2) is 17.5 Å². The maximum atomic E-state index is 13.0. The van der Waals surface area contributed by atoms with Gasteiger partial charge >= 0.3 is 0 Å². The molecule has 1 saturated heterocycles. The largest absolute Gasteiger partial charge is 0.340 e. The third-order valence-corrected chi connectivity index (χ3v) is 6.36. The lowest BCUT2D eigenvalue weighted by atomic mass is 9.90. The Kier molecular flexibility index (Phi) is 5.93. The molecule has 2 aliphatic rings. The van der Waals surface area contributed by atoms with Gasteiger partial charge in [0.05, 0.1) is 4.88 Å². The molecule has 1 aliphatic carbocycles. The van der Waals surface area contributed by atoms with Crippen molar-refractivity contribution < 1.29 is 9.59 Å². The van der Waals surface area contributed by atoms with Crippen molar-refractivity contribution in [2.75, 3.05) is 19.6 Å². The molecule has 0 unspecified atom stereocenters. The summed E-state index contributed by atoms with van der Waals surface area (Å²) in [6.45, 7) is 4.32. The van der Waals surface area contributed by atoms with Crippen molar-refractivity contribution in [1.82, 2.24) is 9.80 Å². The smallest absolute Gasteiger partial charge is 0.263 e. The van der Waals surface area contributed by atoms with Crippen molar-refractivity contribution in [2.45, 2.75) is 57.9 Å². The van der Waals surface area contributed by atoms with Gasteiger partial charge in [0.25, 0.3) is 5.91 Å². The third kappa shape index (κ3) is 3.82. The lowest BCUT2D eigenvalue weighted by molar-refractivity contribution is -0.139. The van der Waals surface area contributed by atoms with Gasteiger partial charge in [-0.25, -0.2) is 0 Å². The van der Waals surface area contributed by atoms with E-state index in [-0.39, 0.29) is 11.8 Å². The Morgan fingerprint density at radius 3 is 2.46 bits per heavy atom.